The van der Waals surface area contributed by atoms with Gasteiger partial charge in [0.15, 0.2) is 0 Å². The van der Waals surface area contributed by atoms with Crippen molar-refractivity contribution < 1.29 is 9.59 Å². The predicted molar refractivity (Wildman–Crippen MR) is 81.8 cm³/mol. The Kier molecular flexibility index (Phi) is 5.53. The van der Waals surface area contributed by atoms with Crippen LogP contribution in [0.2, 0.25) is 5.02 Å². The van der Waals surface area contributed by atoms with Gasteiger partial charge in [0.05, 0.1) is 10.7 Å². The van der Waals surface area contributed by atoms with Crippen molar-refractivity contribution in [2.45, 2.75) is 27.2 Å². The molecule has 0 heterocycles. The molecule has 0 atom stereocenters. The molecule has 1 aromatic carbocycles. The van der Waals surface area contributed by atoms with Crippen molar-refractivity contribution in [2.75, 3.05) is 17.2 Å². The first-order chi connectivity index (χ1) is 9.24. The van der Waals surface area contributed by atoms with E-state index in [-0.39, 0.29) is 18.2 Å². The van der Waals surface area contributed by atoms with Gasteiger partial charge in [-0.15, -0.1) is 0 Å². The zero-order valence-corrected chi connectivity index (χ0v) is 12.7. The van der Waals surface area contributed by atoms with Crippen LogP contribution < -0.4 is 16.4 Å². The summed E-state index contributed by atoms with van der Waals surface area (Å²) in [5.41, 5.74) is 5.88. The van der Waals surface area contributed by atoms with Crippen LogP contribution in [0.1, 0.15) is 27.2 Å². The number of nitrogens with two attached hydrogens (primary N) is 1. The van der Waals surface area contributed by atoms with Gasteiger partial charge in [0.1, 0.15) is 0 Å². The second-order valence-electron chi connectivity index (χ2n) is 5.49. The van der Waals surface area contributed by atoms with Crippen LogP contribution in [0.25, 0.3) is 0 Å². The molecule has 0 radical (unpaired) electrons. The van der Waals surface area contributed by atoms with Crippen molar-refractivity contribution >= 4 is 34.8 Å². The minimum atomic E-state index is -0.503. The molecule has 1 rings (SSSR count). The lowest BCUT2D eigenvalue weighted by Gasteiger charge is -2.18. The Hall–Kier alpha value is -1.59. The number of carbonyl (C=O) groups is 2. The number of anilines is 2. The smallest absolute Gasteiger partial charge is 0.229 e. The summed E-state index contributed by atoms with van der Waals surface area (Å²) in [6.45, 7) is 5.74. The molecule has 0 bridgehead atoms. The molecule has 5 nitrogen and oxygen atoms in total. The summed E-state index contributed by atoms with van der Waals surface area (Å²) in [4.78, 5) is 23.3. The van der Waals surface area contributed by atoms with E-state index in [1.54, 1.807) is 18.2 Å². The Morgan fingerprint density at radius 1 is 1.25 bits per heavy atom. The number of hydrogen-bond donors (Lipinski definition) is 3. The minimum Gasteiger partial charge on any atom is -0.330 e. The summed E-state index contributed by atoms with van der Waals surface area (Å²) in [6, 6.07) is 4.93. The maximum atomic E-state index is 11.9. The summed E-state index contributed by atoms with van der Waals surface area (Å²) >= 11 is 6.09. The van der Waals surface area contributed by atoms with E-state index >= 15 is 0 Å². The normalized spacial score (nSPS) is 11.1. The van der Waals surface area contributed by atoms with Gasteiger partial charge in [-0.3, -0.25) is 9.59 Å². The van der Waals surface area contributed by atoms with Gasteiger partial charge in [0.2, 0.25) is 11.8 Å². The van der Waals surface area contributed by atoms with Gasteiger partial charge < -0.3 is 16.4 Å². The van der Waals surface area contributed by atoms with Crippen molar-refractivity contribution in [1.82, 2.24) is 0 Å². The first-order valence-corrected chi connectivity index (χ1v) is 6.73. The molecule has 0 aromatic heterocycles. The zero-order chi connectivity index (χ0) is 15.3. The molecule has 0 aliphatic carbocycles. The van der Waals surface area contributed by atoms with Crippen LogP contribution >= 0.6 is 11.6 Å². The molecule has 0 aliphatic rings. The van der Waals surface area contributed by atoms with Gasteiger partial charge in [0, 0.05) is 24.1 Å². The van der Waals surface area contributed by atoms with Gasteiger partial charge >= 0.3 is 0 Å². The molecule has 0 saturated heterocycles. The van der Waals surface area contributed by atoms with Crippen molar-refractivity contribution in [1.29, 1.82) is 0 Å². The summed E-state index contributed by atoms with van der Waals surface area (Å²) in [5.74, 6) is -0.297. The third-order valence-corrected chi connectivity index (χ3v) is 2.87. The number of amides is 2. The van der Waals surface area contributed by atoms with Gasteiger partial charge in [-0.25, -0.2) is 0 Å². The van der Waals surface area contributed by atoms with Crippen LogP contribution in [0, 0.1) is 5.41 Å². The number of nitrogens with one attached hydrogen (secondary N) is 2. The predicted octanol–water partition coefficient (Wildman–Crippen LogP) is 2.61. The van der Waals surface area contributed by atoms with Crippen molar-refractivity contribution in [2.24, 2.45) is 11.1 Å². The van der Waals surface area contributed by atoms with E-state index in [0.29, 0.717) is 22.9 Å². The average Bonchev–Trinajstić information content (AvgIpc) is 2.31. The molecule has 0 saturated carbocycles. The molecule has 110 valence electrons. The molecule has 0 fully saturated rings. The molecular weight excluding hydrogens is 278 g/mol. The maximum Gasteiger partial charge on any atom is 0.229 e. The fourth-order valence-corrected chi connectivity index (χ4v) is 1.59. The van der Waals surface area contributed by atoms with Crippen LogP contribution in [-0.4, -0.2) is 18.4 Å². The lowest BCUT2D eigenvalue weighted by Crippen LogP contribution is -2.27. The molecule has 0 unspecified atom stereocenters. The number of hydrogen-bond acceptors (Lipinski definition) is 3. The van der Waals surface area contributed by atoms with E-state index < -0.39 is 5.41 Å². The second-order valence-corrected chi connectivity index (χ2v) is 5.89. The zero-order valence-electron chi connectivity index (χ0n) is 11.9. The molecule has 2 amide bonds. The first-order valence-electron chi connectivity index (χ1n) is 6.35. The lowest BCUT2D eigenvalue weighted by molar-refractivity contribution is -0.123. The number of rotatable bonds is 4. The first kappa shape index (κ1) is 16.5. The maximum absolute atomic E-state index is 11.9. The standard InChI is InChI=1S/C14H20ClN3O2/c1-14(2,3)13(20)18-11-5-4-9(8-10(11)15)17-12(19)6-7-16/h4-5,8H,6-7,16H2,1-3H3,(H,17,19)(H,18,20). The average molecular weight is 298 g/mol. The van der Waals surface area contributed by atoms with Gasteiger partial charge in [-0.05, 0) is 18.2 Å². The Morgan fingerprint density at radius 2 is 1.90 bits per heavy atom. The summed E-state index contributed by atoms with van der Waals surface area (Å²) < 4.78 is 0. The molecule has 0 aliphatic heterocycles. The monoisotopic (exact) mass is 297 g/mol. The Bertz CT molecular complexity index is 510. The van der Waals surface area contributed by atoms with E-state index in [1.165, 1.54) is 0 Å². The quantitative estimate of drug-likeness (QED) is 0.798. The summed E-state index contributed by atoms with van der Waals surface area (Å²) in [5, 5.41) is 5.80. The highest BCUT2D eigenvalue weighted by Crippen LogP contribution is 2.27. The number of carbonyl (C=O) groups excluding carboxylic acids is 2. The number of benzene rings is 1. The topological polar surface area (TPSA) is 84.2 Å². The largest absolute Gasteiger partial charge is 0.330 e. The van der Waals surface area contributed by atoms with Gasteiger partial charge in [-0.1, -0.05) is 32.4 Å². The van der Waals surface area contributed by atoms with Gasteiger partial charge in [-0.2, -0.15) is 0 Å². The summed E-state index contributed by atoms with van der Waals surface area (Å²) in [7, 11) is 0. The third kappa shape index (κ3) is 4.83. The SMILES string of the molecule is CC(C)(C)C(=O)Nc1ccc(NC(=O)CCN)cc1Cl. The molecule has 4 N–H and O–H groups in total. The van der Waals surface area contributed by atoms with Crippen molar-refractivity contribution in [3.8, 4) is 0 Å². The highest BCUT2D eigenvalue weighted by molar-refractivity contribution is 6.34. The van der Waals surface area contributed by atoms with E-state index in [4.69, 9.17) is 17.3 Å². The van der Waals surface area contributed by atoms with E-state index in [2.05, 4.69) is 10.6 Å². The third-order valence-electron chi connectivity index (χ3n) is 2.55. The van der Waals surface area contributed by atoms with E-state index in [1.807, 2.05) is 20.8 Å². The van der Waals surface area contributed by atoms with Crippen LogP contribution in [0.5, 0.6) is 0 Å². The molecule has 1 aromatic rings. The Labute approximate surface area is 123 Å². The minimum absolute atomic E-state index is 0.126. The lowest BCUT2D eigenvalue weighted by atomic mass is 9.95. The van der Waals surface area contributed by atoms with Crippen molar-refractivity contribution in [3.05, 3.63) is 23.2 Å². The van der Waals surface area contributed by atoms with Crippen LogP contribution in [-0.2, 0) is 9.59 Å². The molecule has 20 heavy (non-hydrogen) atoms. The van der Waals surface area contributed by atoms with Crippen LogP contribution in [0.3, 0.4) is 0 Å². The highest BCUT2D eigenvalue weighted by atomic mass is 35.5. The fourth-order valence-electron chi connectivity index (χ4n) is 1.36. The molecular formula is C14H20ClN3O2. The Balaban J connectivity index is 2.78. The fraction of sp³-hybridized carbons (Fsp3) is 0.429. The summed E-state index contributed by atoms with van der Waals surface area (Å²) in [6.07, 6.45) is 0.250. The van der Waals surface area contributed by atoms with E-state index in [9.17, 15) is 9.59 Å². The highest BCUT2D eigenvalue weighted by Gasteiger charge is 2.21. The van der Waals surface area contributed by atoms with Crippen molar-refractivity contribution in [3.63, 3.8) is 0 Å². The molecule has 6 heteroatoms. The van der Waals surface area contributed by atoms with Crippen LogP contribution in [0.15, 0.2) is 18.2 Å². The second kappa shape index (κ2) is 6.72. The van der Waals surface area contributed by atoms with Crippen LogP contribution in [0.4, 0.5) is 11.4 Å². The van der Waals surface area contributed by atoms with E-state index in [0.717, 1.165) is 0 Å². The number of halogens is 1. The molecule has 0 spiro atoms. The Morgan fingerprint density at radius 3 is 2.40 bits per heavy atom. The van der Waals surface area contributed by atoms with Gasteiger partial charge in [0.25, 0.3) is 0 Å².